The molecule has 0 aliphatic carbocycles. The van der Waals surface area contributed by atoms with Crippen LogP contribution in [0.1, 0.15) is 42.9 Å². The lowest BCUT2D eigenvalue weighted by Crippen LogP contribution is -1.89. The minimum Gasteiger partial charge on any atom is -0.354 e. The van der Waals surface area contributed by atoms with Crippen molar-refractivity contribution in [3.05, 3.63) is 107 Å². The van der Waals surface area contributed by atoms with Gasteiger partial charge in [-0.2, -0.15) is 0 Å². The molecule has 35 heavy (non-hydrogen) atoms. The predicted octanol–water partition coefficient (Wildman–Crippen LogP) is 8.54. The SMILES string of the molecule is CCCCCc1ccc2c(c1)[nH]c1cc(C#Cc3ccc(-c4ccc(F)c(F)c4)cc3F)ccc12. The molecule has 174 valence electrons. The number of aryl methyl sites for hydroxylation is 1. The molecule has 0 amide bonds. The zero-order valence-corrected chi connectivity index (χ0v) is 19.4. The van der Waals surface area contributed by atoms with Crippen molar-refractivity contribution in [2.75, 3.05) is 0 Å². The highest BCUT2D eigenvalue weighted by molar-refractivity contribution is 6.07. The fourth-order valence-electron chi connectivity index (χ4n) is 4.38. The molecular formula is C31H24F3N. The van der Waals surface area contributed by atoms with Crippen LogP contribution in [-0.4, -0.2) is 4.98 Å². The second kappa shape index (κ2) is 9.72. The van der Waals surface area contributed by atoms with E-state index in [4.69, 9.17) is 0 Å². The Hall–Kier alpha value is -3.97. The smallest absolute Gasteiger partial charge is 0.159 e. The molecule has 4 aromatic carbocycles. The van der Waals surface area contributed by atoms with Crippen molar-refractivity contribution in [2.45, 2.75) is 32.6 Å². The molecule has 0 radical (unpaired) electrons. The highest BCUT2D eigenvalue weighted by Gasteiger charge is 2.08. The maximum absolute atomic E-state index is 14.7. The Kier molecular flexibility index (Phi) is 6.33. The minimum atomic E-state index is -0.966. The fraction of sp³-hybridized carbons (Fsp3) is 0.161. The highest BCUT2D eigenvalue weighted by atomic mass is 19.2. The Balaban J connectivity index is 1.40. The van der Waals surface area contributed by atoms with Gasteiger partial charge in [0.05, 0.1) is 5.56 Å². The van der Waals surface area contributed by atoms with Crippen LogP contribution in [0.5, 0.6) is 0 Å². The van der Waals surface area contributed by atoms with Crippen molar-refractivity contribution in [3.8, 4) is 23.0 Å². The van der Waals surface area contributed by atoms with E-state index in [-0.39, 0.29) is 5.56 Å². The third-order valence-corrected chi connectivity index (χ3v) is 6.30. The summed E-state index contributed by atoms with van der Waals surface area (Å²) < 4.78 is 41.4. The number of H-pyrrole nitrogens is 1. The molecule has 1 aromatic heterocycles. The molecule has 1 nitrogen and oxygen atoms in total. The summed E-state index contributed by atoms with van der Waals surface area (Å²) in [5.74, 6) is 3.52. The van der Waals surface area contributed by atoms with E-state index in [0.29, 0.717) is 11.1 Å². The minimum absolute atomic E-state index is 0.241. The van der Waals surface area contributed by atoms with Crippen molar-refractivity contribution < 1.29 is 13.2 Å². The summed E-state index contributed by atoms with van der Waals surface area (Å²) in [6.07, 6.45) is 4.72. The topological polar surface area (TPSA) is 15.8 Å². The van der Waals surface area contributed by atoms with E-state index in [1.165, 1.54) is 42.3 Å². The molecule has 1 heterocycles. The zero-order chi connectivity index (χ0) is 24.4. The van der Waals surface area contributed by atoms with Crippen molar-refractivity contribution in [3.63, 3.8) is 0 Å². The average Bonchev–Trinajstić information content (AvgIpc) is 3.22. The van der Waals surface area contributed by atoms with Gasteiger partial charge in [0.1, 0.15) is 5.82 Å². The summed E-state index contributed by atoms with van der Waals surface area (Å²) >= 11 is 0. The maximum Gasteiger partial charge on any atom is 0.159 e. The summed E-state index contributed by atoms with van der Waals surface area (Å²) in [6, 6.07) is 20.5. The van der Waals surface area contributed by atoms with Gasteiger partial charge in [-0.05, 0) is 72.0 Å². The highest BCUT2D eigenvalue weighted by Crippen LogP contribution is 2.28. The second-order valence-corrected chi connectivity index (χ2v) is 8.80. The van der Waals surface area contributed by atoms with Crippen LogP contribution in [0.25, 0.3) is 32.9 Å². The molecule has 0 aliphatic heterocycles. The lowest BCUT2D eigenvalue weighted by molar-refractivity contribution is 0.509. The monoisotopic (exact) mass is 467 g/mol. The number of aromatic nitrogens is 1. The lowest BCUT2D eigenvalue weighted by Gasteiger charge is -2.04. The Morgan fingerprint density at radius 3 is 2.11 bits per heavy atom. The van der Waals surface area contributed by atoms with Gasteiger partial charge in [-0.25, -0.2) is 13.2 Å². The van der Waals surface area contributed by atoms with Crippen molar-refractivity contribution in [1.82, 2.24) is 4.98 Å². The van der Waals surface area contributed by atoms with Crippen LogP contribution in [0.15, 0.2) is 72.8 Å². The van der Waals surface area contributed by atoms with Gasteiger partial charge in [0, 0.05) is 27.4 Å². The van der Waals surface area contributed by atoms with Gasteiger partial charge in [0.25, 0.3) is 0 Å². The first-order valence-electron chi connectivity index (χ1n) is 11.8. The lowest BCUT2D eigenvalue weighted by atomic mass is 10.0. The van der Waals surface area contributed by atoms with Crippen LogP contribution in [0.4, 0.5) is 13.2 Å². The molecule has 5 aromatic rings. The summed E-state index contributed by atoms with van der Waals surface area (Å²) in [6.45, 7) is 2.21. The predicted molar refractivity (Wildman–Crippen MR) is 137 cm³/mol. The van der Waals surface area contributed by atoms with E-state index < -0.39 is 17.5 Å². The molecule has 0 saturated carbocycles. The second-order valence-electron chi connectivity index (χ2n) is 8.80. The quantitative estimate of drug-likeness (QED) is 0.197. The third-order valence-electron chi connectivity index (χ3n) is 6.30. The average molecular weight is 468 g/mol. The van der Waals surface area contributed by atoms with E-state index >= 15 is 0 Å². The summed E-state index contributed by atoms with van der Waals surface area (Å²) in [4.78, 5) is 3.49. The summed E-state index contributed by atoms with van der Waals surface area (Å²) in [7, 11) is 0. The number of nitrogens with one attached hydrogen (secondary N) is 1. The summed E-state index contributed by atoms with van der Waals surface area (Å²) in [5, 5.41) is 2.31. The van der Waals surface area contributed by atoms with Gasteiger partial charge in [-0.3, -0.25) is 0 Å². The van der Waals surface area contributed by atoms with Crippen LogP contribution >= 0.6 is 0 Å². The first-order valence-corrected chi connectivity index (χ1v) is 11.8. The van der Waals surface area contributed by atoms with Crippen LogP contribution in [0.3, 0.4) is 0 Å². The molecule has 0 fully saturated rings. The number of fused-ring (bicyclic) bond motifs is 3. The number of unbranched alkanes of at least 4 members (excludes halogenated alkanes) is 2. The van der Waals surface area contributed by atoms with Crippen LogP contribution in [0, 0.1) is 29.3 Å². The molecule has 1 N–H and O–H groups in total. The normalized spacial score (nSPS) is 11.1. The molecular weight excluding hydrogens is 443 g/mol. The Bertz CT molecular complexity index is 1600. The maximum atomic E-state index is 14.7. The van der Waals surface area contributed by atoms with Gasteiger partial charge in [-0.1, -0.05) is 61.9 Å². The molecule has 0 bridgehead atoms. The van der Waals surface area contributed by atoms with Gasteiger partial charge in [0.2, 0.25) is 0 Å². The molecule has 4 heteroatoms. The first kappa shape index (κ1) is 22.8. The molecule has 0 saturated heterocycles. The third kappa shape index (κ3) is 4.81. The molecule has 0 aliphatic rings. The Labute approximate surface area is 202 Å². The molecule has 0 atom stereocenters. The number of rotatable bonds is 5. The molecule has 0 unspecified atom stereocenters. The number of hydrogen-bond acceptors (Lipinski definition) is 0. The van der Waals surface area contributed by atoms with Crippen LogP contribution < -0.4 is 0 Å². The number of benzene rings is 4. The van der Waals surface area contributed by atoms with Crippen LogP contribution in [0.2, 0.25) is 0 Å². The van der Waals surface area contributed by atoms with E-state index in [9.17, 15) is 13.2 Å². The first-order chi connectivity index (χ1) is 17.0. The molecule has 0 spiro atoms. The molecule has 5 rings (SSSR count). The van der Waals surface area contributed by atoms with Crippen LogP contribution in [-0.2, 0) is 6.42 Å². The number of halogens is 3. The standard InChI is InChI=1S/C31H24F3N/c1-2-3-4-5-20-7-13-25-26-14-8-21(17-31(26)35-30(25)16-20)6-9-22-10-11-23(18-28(22)33)24-12-15-27(32)29(34)19-24/h7-8,10-19,35H,2-5H2,1H3. The van der Waals surface area contributed by atoms with E-state index in [0.717, 1.165) is 40.5 Å². The van der Waals surface area contributed by atoms with Gasteiger partial charge in [-0.15, -0.1) is 0 Å². The van der Waals surface area contributed by atoms with Crippen molar-refractivity contribution in [1.29, 1.82) is 0 Å². The zero-order valence-electron chi connectivity index (χ0n) is 19.4. The Morgan fingerprint density at radius 1 is 0.657 bits per heavy atom. The van der Waals surface area contributed by atoms with Gasteiger partial charge < -0.3 is 4.98 Å². The largest absolute Gasteiger partial charge is 0.354 e. The van der Waals surface area contributed by atoms with E-state index in [1.807, 2.05) is 18.2 Å². The van der Waals surface area contributed by atoms with Crippen molar-refractivity contribution in [2.24, 2.45) is 0 Å². The van der Waals surface area contributed by atoms with Gasteiger partial charge in [0.15, 0.2) is 11.6 Å². The number of aromatic amines is 1. The van der Waals surface area contributed by atoms with E-state index in [1.54, 1.807) is 12.1 Å². The summed E-state index contributed by atoms with van der Waals surface area (Å²) in [5.41, 5.74) is 5.31. The Morgan fingerprint density at radius 2 is 1.37 bits per heavy atom. The fourth-order valence-corrected chi connectivity index (χ4v) is 4.38. The van der Waals surface area contributed by atoms with Crippen molar-refractivity contribution >= 4 is 21.8 Å². The van der Waals surface area contributed by atoms with E-state index in [2.05, 4.69) is 41.9 Å². The number of hydrogen-bond donors (Lipinski definition) is 1. The van der Waals surface area contributed by atoms with Gasteiger partial charge >= 0.3 is 0 Å².